The summed E-state index contributed by atoms with van der Waals surface area (Å²) in [6.45, 7) is 8.85. The number of aromatic nitrogens is 1. The van der Waals surface area contributed by atoms with Crippen molar-refractivity contribution in [2.45, 2.75) is 52.6 Å². The summed E-state index contributed by atoms with van der Waals surface area (Å²) < 4.78 is 5.62. The fourth-order valence-corrected chi connectivity index (χ4v) is 3.20. The molecule has 0 spiro atoms. The van der Waals surface area contributed by atoms with Crippen LogP contribution in [0.1, 0.15) is 49.4 Å². The third-order valence-corrected chi connectivity index (χ3v) is 4.77. The topological polar surface area (TPSA) is 42.4 Å². The first-order chi connectivity index (χ1) is 10.5. The first kappa shape index (κ1) is 17.0. The minimum atomic E-state index is -0.390. The molecule has 120 valence electrons. The number of aliphatic hydroxyl groups is 1. The number of ether oxygens (including phenoxy) is 1. The standard InChI is InChI=1S/C18H25NO2S/c1-5-6-15(20)11-21-16-9-7-14(8-10-16)17-13(4)22-18(19-17)12(2)3/h7-10,12,15,20H,5-6,11H2,1-4H3. The first-order valence-electron chi connectivity index (χ1n) is 7.89. The zero-order valence-corrected chi connectivity index (χ0v) is 14.6. The van der Waals surface area contributed by atoms with Crippen molar-refractivity contribution in [1.82, 2.24) is 4.98 Å². The summed E-state index contributed by atoms with van der Waals surface area (Å²) >= 11 is 1.77. The van der Waals surface area contributed by atoms with E-state index in [4.69, 9.17) is 9.72 Å². The second-order valence-electron chi connectivity index (χ2n) is 5.89. The molecule has 4 heteroatoms. The zero-order chi connectivity index (χ0) is 16.1. The van der Waals surface area contributed by atoms with Crippen LogP contribution >= 0.6 is 11.3 Å². The third kappa shape index (κ3) is 4.31. The van der Waals surface area contributed by atoms with Gasteiger partial charge >= 0.3 is 0 Å². The van der Waals surface area contributed by atoms with E-state index in [1.54, 1.807) is 11.3 Å². The Kier molecular flexibility index (Phi) is 5.98. The third-order valence-electron chi connectivity index (χ3n) is 3.50. The van der Waals surface area contributed by atoms with Gasteiger partial charge in [-0.15, -0.1) is 11.3 Å². The van der Waals surface area contributed by atoms with Gasteiger partial charge in [0.15, 0.2) is 0 Å². The van der Waals surface area contributed by atoms with E-state index in [1.807, 2.05) is 24.3 Å². The van der Waals surface area contributed by atoms with E-state index in [0.717, 1.165) is 29.8 Å². The second kappa shape index (κ2) is 7.75. The lowest BCUT2D eigenvalue weighted by atomic mass is 10.1. The molecule has 22 heavy (non-hydrogen) atoms. The molecule has 0 aliphatic carbocycles. The SMILES string of the molecule is CCCC(O)COc1ccc(-c2nc(C(C)C)sc2C)cc1. The molecular formula is C18H25NO2S. The predicted octanol–water partition coefficient (Wildman–Crippen LogP) is 4.78. The molecule has 1 heterocycles. The Morgan fingerprint density at radius 1 is 1.23 bits per heavy atom. The summed E-state index contributed by atoms with van der Waals surface area (Å²) in [4.78, 5) is 5.99. The lowest BCUT2D eigenvalue weighted by Gasteiger charge is -2.11. The van der Waals surface area contributed by atoms with Crippen LogP contribution in [0.25, 0.3) is 11.3 Å². The number of rotatable bonds is 7. The quantitative estimate of drug-likeness (QED) is 0.798. The Balaban J connectivity index is 2.05. The van der Waals surface area contributed by atoms with Gasteiger partial charge in [-0.1, -0.05) is 27.2 Å². The molecule has 1 aromatic carbocycles. The summed E-state index contributed by atoms with van der Waals surface area (Å²) in [5.41, 5.74) is 2.17. The highest BCUT2D eigenvalue weighted by molar-refractivity contribution is 7.12. The fraction of sp³-hybridized carbons (Fsp3) is 0.500. The van der Waals surface area contributed by atoms with Crippen LogP contribution in [0.2, 0.25) is 0 Å². The Morgan fingerprint density at radius 2 is 1.91 bits per heavy atom. The van der Waals surface area contributed by atoms with Crippen LogP contribution in [-0.4, -0.2) is 22.8 Å². The van der Waals surface area contributed by atoms with Crippen LogP contribution in [0.5, 0.6) is 5.75 Å². The number of aliphatic hydroxyl groups excluding tert-OH is 1. The highest BCUT2D eigenvalue weighted by atomic mass is 32.1. The van der Waals surface area contributed by atoms with Crippen molar-refractivity contribution in [3.63, 3.8) is 0 Å². The maximum absolute atomic E-state index is 9.70. The summed E-state index contributed by atoms with van der Waals surface area (Å²) in [5, 5.41) is 10.9. The Hall–Kier alpha value is -1.39. The minimum absolute atomic E-state index is 0.348. The van der Waals surface area contributed by atoms with Crippen LogP contribution in [-0.2, 0) is 0 Å². The molecule has 0 saturated heterocycles. The monoisotopic (exact) mass is 319 g/mol. The summed E-state index contributed by atoms with van der Waals surface area (Å²) in [6, 6.07) is 7.96. The maximum Gasteiger partial charge on any atom is 0.119 e. The van der Waals surface area contributed by atoms with Gasteiger partial charge in [0, 0.05) is 16.4 Å². The van der Waals surface area contributed by atoms with Crippen molar-refractivity contribution in [1.29, 1.82) is 0 Å². The van der Waals surface area contributed by atoms with E-state index in [-0.39, 0.29) is 6.10 Å². The molecule has 3 nitrogen and oxygen atoms in total. The molecule has 2 aromatic rings. The van der Waals surface area contributed by atoms with Crippen LogP contribution in [0.15, 0.2) is 24.3 Å². The van der Waals surface area contributed by atoms with Crippen LogP contribution in [0, 0.1) is 6.92 Å². The number of hydrogen-bond donors (Lipinski definition) is 1. The van der Waals surface area contributed by atoms with Crippen molar-refractivity contribution in [3.05, 3.63) is 34.2 Å². The average molecular weight is 319 g/mol. The van der Waals surface area contributed by atoms with E-state index in [1.165, 1.54) is 9.88 Å². The molecule has 0 radical (unpaired) electrons. The van der Waals surface area contributed by atoms with E-state index in [0.29, 0.717) is 12.5 Å². The van der Waals surface area contributed by atoms with Crippen molar-refractivity contribution >= 4 is 11.3 Å². The molecule has 0 amide bonds. The maximum atomic E-state index is 9.70. The highest BCUT2D eigenvalue weighted by Gasteiger charge is 2.12. The van der Waals surface area contributed by atoms with Crippen LogP contribution in [0.4, 0.5) is 0 Å². The van der Waals surface area contributed by atoms with Gasteiger partial charge in [-0.2, -0.15) is 0 Å². The fourth-order valence-electron chi connectivity index (χ4n) is 2.25. The van der Waals surface area contributed by atoms with Gasteiger partial charge in [-0.25, -0.2) is 4.98 Å². The van der Waals surface area contributed by atoms with Gasteiger partial charge in [-0.3, -0.25) is 0 Å². The molecule has 0 aliphatic heterocycles. The molecule has 0 fully saturated rings. The summed E-state index contributed by atoms with van der Waals surface area (Å²) in [5.74, 6) is 1.25. The second-order valence-corrected chi connectivity index (χ2v) is 7.12. The molecule has 1 aromatic heterocycles. The first-order valence-corrected chi connectivity index (χ1v) is 8.71. The molecule has 1 N–H and O–H groups in total. The number of benzene rings is 1. The molecule has 1 unspecified atom stereocenters. The normalized spacial score (nSPS) is 12.6. The zero-order valence-electron chi connectivity index (χ0n) is 13.8. The van der Waals surface area contributed by atoms with Gasteiger partial charge in [0.1, 0.15) is 12.4 Å². The highest BCUT2D eigenvalue weighted by Crippen LogP contribution is 2.31. The van der Waals surface area contributed by atoms with Gasteiger partial charge in [-0.05, 0) is 37.6 Å². The largest absolute Gasteiger partial charge is 0.491 e. The number of thiazole rings is 1. The molecule has 0 saturated carbocycles. The van der Waals surface area contributed by atoms with E-state index in [9.17, 15) is 5.11 Å². The molecule has 2 rings (SSSR count). The van der Waals surface area contributed by atoms with E-state index in [2.05, 4.69) is 27.7 Å². The number of aryl methyl sites for hydroxylation is 1. The Bertz CT molecular complexity index is 590. The predicted molar refractivity (Wildman–Crippen MR) is 92.8 cm³/mol. The van der Waals surface area contributed by atoms with E-state index < -0.39 is 0 Å². The molecular weight excluding hydrogens is 294 g/mol. The van der Waals surface area contributed by atoms with Gasteiger partial charge in [0.25, 0.3) is 0 Å². The lowest BCUT2D eigenvalue weighted by Crippen LogP contribution is -2.16. The molecule has 1 atom stereocenters. The average Bonchev–Trinajstić information content (AvgIpc) is 2.88. The molecule has 0 aliphatic rings. The van der Waals surface area contributed by atoms with Crippen LogP contribution in [0.3, 0.4) is 0 Å². The molecule has 0 bridgehead atoms. The Morgan fingerprint density at radius 3 is 2.45 bits per heavy atom. The van der Waals surface area contributed by atoms with Gasteiger partial charge < -0.3 is 9.84 Å². The van der Waals surface area contributed by atoms with Gasteiger partial charge in [0.2, 0.25) is 0 Å². The Labute approximate surface area is 137 Å². The van der Waals surface area contributed by atoms with Gasteiger partial charge in [0.05, 0.1) is 16.8 Å². The van der Waals surface area contributed by atoms with E-state index >= 15 is 0 Å². The minimum Gasteiger partial charge on any atom is -0.491 e. The number of hydrogen-bond acceptors (Lipinski definition) is 4. The lowest BCUT2D eigenvalue weighted by molar-refractivity contribution is 0.0993. The van der Waals surface area contributed by atoms with Crippen molar-refractivity contribution in [3.8, 4) is 17.0 Å². The van der Waals surface area contributed by atoms with Crippen LogP contribution < -0.4 is 4.74 Å². The van der Waals surface area contributed by atoms with Crippen molar-refractivity contribution in [2.75, 3.05) is 6.61 Å². The number of nitrogens with zero attached hydrogens (tertiary/aromatic N) is 1. The smallest absolute Gasteiger partial charge is 0.119 e. The van der Waals surface area contributed by atoms with Crippen molar-refractivity contribution < 1.29 is 9.84 Å². The summed E-state index contributed by atoms with van der Waals surface area (Å²) in [6.07, 6.45) is 1.35. The summed E-state index contributed by atoms with van der Waals surface area (Å²) in [7, 11) is 0. The van der Waals surface area contributed by atoms with Crippen molar-refractivity contribution in [2.24, 2.45) is 0 Å².